The molecule has 3 aromatic rings. The van der Waals surface area contributed by atoms with Gasteiger partial charge in [0.05, 0.1) is 86.2 Å². The van der Waals surface area contributed by atoms with Gasteiger partial charge in [-0.3, -0.25) is 43.7 Å². The smallest absolute Gasteiger partial charge is 0.338 e. The first kappa shape index (κ1) is 46.3. The van der Waals surface area contributed by atoms with Crippen LogP contribution in [0.2, 0.25) is 0 Å². The molecular weight excluding hydrogens is 1050 g/mol. The van der Waals surface area contributed by atoms with Crippen LogP contribution in [0.3, 0.4) is 0 Å². The van der Waals surface area contributed by atoms with Crippen LogP contribution in [0, 0.1) is 141 Å². The van der Waals surface area contributed by atoms with Gasteiger partial charge in [0.15, 0.2) is 22.4 Å². The summed E-state index contributed by atoms with van der Waals surface area (Å²) in [7, 11) is 4.95. The van der Waals surface area contributed by atoms with E-state index in [0.717, 1.165) is 0 Å². The van der Waals surface area contributed by atoms with Gasteiger partial charge >= 0.3 is 23.9 Å². The summed E-state index contributed by atoms with van der Waals surface area (Å²) in [5.74, 6) is -24.5. The van der Waals surface area contributed by atoms with E-state index < -0.39 is 223 Å². The molecule has 24 atom stereocenters. The third kappa shape index (κ3) is 3.88. The Morgan fingerprint density at radius 2 is 0.741 bits per heavy atom. The minimum atomic E-state index is -2.00. The monoisotopic (exact) mass is 1100 g/mol. The fourth-order valence-electron chi connectivity index (χ4n) is 26.1. The molecule has 81 heavy (non-hydrogen) atoms. The predicted molar refractivity (Wildman–Crippen MR) is 262 cm³/mol. The number of aromatic nitrogens is 3. The molecule has 24 unspecified atom stereocenters. The maximum absolute atomic E-state index is 16.9. The summed E-state index contributed by atoms with van der Waals surface area (Å²) in [6, 6.07) is 9.56. The summed E-state index contributed by atoms with van der Waals surface area (Å²) in [5, 5.41) is 0. The Bertz CT molecular complexity index is 3300. The van der Waals surface area contributed by atoms with Crippen LogP contribution in [-0.4, -0.2) is 125 Å². The third-order valence-corrected chi connectivity index (χ3v) is 26.1. The Kier molecular flexibility index (Phi) is 7.77. The van der Waals surface area contributed by atoms with Crippen LogP contribution in [0.15, 0.2) is 73.6 Å². The molecule has 22 nitrogen and oxygen atoms in total. The number of rotatable bonds is 7. The van der Waals surface area contributed by atoms with Crippen molar-refractivity contribution in [3.63, 3.8) is 0 Å². The van der Waals surface area contributed by atoms with Gasteiger partial charge in [-0.25, -0.2) is 33.9 Å². The van der Waals surface area contributed by atoms with Gasteiger partial charge in [-0.05, 0) is 108 Å². The molecule has 0 radical (unpaired) electrons. The second-order valence-electron chi connectivity index (χ2n) is 26.4. The molecule has 10 saturated carbocycles. The minimum Gasteiger partial charge on any atom is -0.467 e. The van der Waals surface area contributed by atoms with Crippen LogP contribution >= 0.6 is 0 Å². The second kappa shape index (κ2) is 13.6. The molecule has 10 heterocycles. The highest BCUT2D eigenvalue weighted by Crippen LogP contribution is 3.03. The SMILES string of the molecule is COC(=O)C12OC(C(=O)OC)(C3C4CC(C5C(=O)N(c6ccncc6)C(=O)C45)C31)C1C2C2C3C4C5C6C(C4C4(C(=O)N(c7cccnc7)C(=O)C254)C31)C1(C(=O)OC)OC6(C(=O)OC)C2C3CC(C4C(=O)N(c5ccncc5)C(=O)C34)C21. The number of anilines is 3. The number of methoxy groups -OCH3 is 4. The van der Waals surface area contributed by atoms with Crippen molar-refractivity contribution in [3.05, 3.63) is 73.6 Å². The van der Waals surface area contributed by atoms with Crippen molar-refractivity contribution < 1.29 is 76.4 Å². The molecule has 17 aliphatic rings. The van der Waals surface area contributed by atoms with Gasteiger partial charge in [0.1, 0.15) is 0 Å². The van der Waals surface area contributed by atoms with Crippen molar-refractivity contribution in [2.75, 3.05) is 43.1 Å². The Morgan fingerprint density at radius 1 is 0.420 bits per heavy atom. The number of hydrogen-bond donors (Lipinski definition) is 0. The van der Waals surface area contributed by atoms with E-state index in [9.17, 15) is 19.2 Å². The molecule has 17 fully saturated rings. The largest absolute Gasteiger partial charge is 0.467 e. The molecule has 6 amide bonds. The molecule has 20 rings (SSSR count). The minimum absolute atomic E-state index is 0.192. The van der Waals surface area contributed by atoms with Gasteiger partial charge in [0.2, 0.25) is 35.4 Å². The number of nitrogens with zero attached hydrogens (tertiary/aromatic N) is 6. The zero-order chi connectivity index (χ0) is 55.2. The lowest BCUT2D eigenvalue weighted by molar-refractivity contribution is -0.203. The van der Waals surface area contributed by atoms with Crippen molar-refractivity contribution >= 4 is 76.4 Å². The van der Waals surface area contributed by atoms with Crippen LogP contribution in [-0.2, 0) is 76.4 Å². The molecule has 7 saturated heterocycles. The number of fused-ring (bicyclic) bond motifs is 30. The van der Waals surface area contributed by atoms with E-state index in [0.29, 0.717) is 24.2 Å². The molecular formula is C59H50N6O16. The number of amides is 6. The van der Waals surface area contributed by atoms with E-state index in [1.54, 1.807) is 36.4 Å². The maximum Gasteiger partial charge on any atom is 0.338 e. The van der Waals surface area contributed by atoms with Gasteiger partial charge in [-0.1, -0.05) is 0 Å². The van der Waals surface area contributed by atoms with Crippen LogP contribution in [0.25, 0.3) is 0 Å². The summed E-state index contributed by atoms with van der Waals surface area (Å²) in [5.41, 5.74) is -10.6. The summed E-state index contributed by atoms with van der Waals surface area (Å²) < 4.78 is 38.4. The van der Waals surface area contributed by atoms with E-state index >= 15 is 28.8 Å². The van der Waals surface area contributed by atoms with Gasteiger partial charge in [-0.15, -0.1) is 0 Å². The number of ether oxygens (including phenoxy) is 6. The van der Waals surface area contributed by atoms with E-state index in [1.165, 1.54) is 80.3 Å². The van der Waals surface area contributed by atoms with Gasteiger partial charge in [0.25, 0.3) is 0 Å². The van der Waals surface area contributed by atoms with Gasteiger partial charge in [-0.2, -0.15) is 0 Å². The van der Waals surface area contributed by atoms with Crippen LogP contribution in [0.1, 0.15) is 12.8 Å². The standard InChI is InChI=1S/C59H50N6O16/c1-76-50(72)56-32-22-16-23(27-26(22)44(66)63(45(27)67)19-7-12-60-13-8-19)33(32)57(80-56,51(73)77-2)41-37-30-31-38-42-43(39(31)55(37)49(71)65(21-6-5-11-62-18-21)48(70)54(38,55)36(30)40(41)56)59(53(75)79-4)35-25-17-24(34(35)58(42,81-59)52(74)78-3)28-29(25)47(69)64(46(28)68)20-9-14-61-15-10-20/h5-15,18,22-43H,16-17H2,1-4H3. The van der Waals surface area contributed by atoms with E-state index in [-0.39, 0.29) is 5.69 Å². The molecule has 10 aliphatic carbocycles. The number of carbonyl (C=O) groups is 10. The lowest BCUT2D eigenvalue weighted by Crippen LogP contribution is -2.73. The highest BCUT2D eigenvalue weighted by Gasteiger charge is 3.11. The van der Waals surface area contributed by atoms with Crippen molar-refractivity contribution in [2.24, 2.45) is 141 Å². The van der Waals surface area contributed by atoms with Gasteiger partial charge in [0, 0.05) is 78.3 Å². The Balaban J connectivity index is 0.834. The number of pyridine rings is 3. The van der Waals surface area contributed by atoms with Crippen molar-refractivity contribution in [2.45, 2.75) is 35.2 Å². The highest BCUT2D eigenvalue weighted by molar-refractivity contribution is 6.28. The number of esters is 4. The normalized spacial score (nSPS) is 52.6. The first-order valence-corrected chi connectivity index (χ1v) is 28.3. The Labute approximate surface area is 459 Å². The number of hydrogen-bond acceptors (Lipinski definition) is 19. The average Bonchev–Trinajstić information content (AvgIpc) is 1.38. The van der Waals surface area contributed by atoms with E-state index in [4.69, 9.17) is 28.4 Å². The molecule has 0 aromatic carbocycles. The summed E-state index contributed by atoms with van der Waals surface area (Å²) in [4.78, 5) is 172. The number of carbonyl (C=O) groups excluding carboxylic acids is 10. The third-order valence-electron chi connectivity index (χ3n) is 26.1. The Hall–Kier alpha value is -7.33. The van der Waals surface area contributed by atoms with E-state index in [1.807, 2.05) is 0 Å². The quantitative estimate of drug-likeness (QED) is 0.182. The second-order valence-corrected chi connectivity index (χ2v) is 26.4. The highest BCUT2D eigenvalue weighted by atomic mass is 16.6. The molecule has 2 spiro atoms. The van der Waals surface area contributed by atoms with Crippen LogP contribution in [0.4, 0.5) is 17.1 Å². The molecule has 3 aromatic heterocycles. The predicted octanol–water partition coefficient (Wildman–Crippen LogP) is 1.06. The lowest BCUT2D eigenvalue weighted by atomic mass is 9.35. The number of imide groups is 3. The summed E-state index contributed by atoms with van der Waals surface area (Å²) in [6.07, 6.45) is 9.54. The Morgan fingerprint density at radius 3 is 1.02 bits per heavy atom. The molecule has 16 bridgehead atoms. The fraction of sp³-hybridized carbons (Fsp3) is 0.576. The van der Waals surface area contributed by atoms with E-state index in [2.05, 4.69) is 15.0 Å². The summed E-state index contributed by atoms with van der Waals surface area (Å²) in [6.45, 7) is 0. The molecule has 7 aliphatic heterocycles. The van der Waals surface area contributed by atoms with Crippen LogP contribution < -0.4 is 14.7 Å². The van der Waals surface area contributed by atoms with Gasteiger partial charge < -0.3 is 28.4 Å². The zero-order valence-electron chi connectivity index (χ0n) is 43.8. The molecule has 0 N–H and O–H groups in total. The lowest BCUT2D eigenvalue weighted by Gasteiger charge is -2.62. The van der Waals surface area contributed by atoms with Crippen molar-refractivity contribution in [1.82, 2.24) is 15.0 Å². The molecule has 412 valence electrons. The van der Waals surface area contributed by atoms with Crippen molar-refractivity contribution in [3.8, 4) is 0 Å². The fourth-order valence-corrected chi connectivity index (χ4v) is 26.1. The first-order valence-electron chi connectivity index (χ1n) is 28.3. The maximum atomic E-state index is 16.9. The topological polar surface area (TPSA) is 274 Å². The molecule has 22 heteroatoms. The zero-order valence-corrected chi connectivity index (χ0v) is 43.8. The van der Waals surface area contributed by atoms with Crippen molar-refractivity contribution in [1.29, 1.82) is 0 Å². The average molecular weight is 1100 g/mol. The first-order chi connectivity index (χ1) is 39.2. The van der Waals surface area contributed by atoms with Crippen LogP contribution in [0.5, 0.6) is 0 Å². The summed E-state index contributed by atoms with van der Waals surface area (Å²) >= 11 is 0.